The maximum atomic E-state index is 11.4. The summed E-state index contributed by atoms with van der Waals surface area (Å²) in [6.45, 7) is 5.30. The summed E-state index contributed by atoms with van der Waals surface area (Å²) in [6, 6.07) is 0. The third-order valence-corrected chi connectivity index (χ3v) is 2.55. The van der Waals surface area contributed by atoms with Crippen LogP contribution in [0, 0.1) is 0 Å². The molecule has 0 N–H and O–H groups in total. The topological polar surface area (TPSA) is 40.6 Å². The van der Waals surface area contributed by atoms with Crippen molar-refractivity contribution < 1.29 is 9.59 Å². The third kappa shape index (κ3) is 2.47. The van der Waals surface area contributed by atoms with E-state index in [2.05, 4.69) is 15.9 Å². The zero-order valence-corrected chi connectivity index (χ0v) is 10.3. The maximum absolute atomic E-state index is 11.4. The molecule has 0 aromatic rings. The highest BCUT2D eigenvalue weighted by Crippen LogP contribution is 2.22. The molecule has 1 aliphatic rings. The van der Waals surface area contributed by atoms with E-state index in [1.54, 1.807) is 11.1 Å². The molecule has 0 spiro atoms. The van der Waals surface area contributed by atoms with Gasteiger partial charge in [-0.05, 0) is 35.9 Å². The van der Waals surface area contributed by atoms with Crippen molar-refractivity contribution in [2.45, 2.75) is 13.8 Å². The lowest BCUT2D eigenvalue weighted by Crippen LogP contribution is -2.42. The van der Waals surface area contributed by atoms with Gasteiger partial charge >= 0.3 is 0 Å². The van der Waals surface area contributed by atoms with Crippen LogP contribution in [0.1, 0.15) is 13.8 Å². The number of allylic oxidation sites excluding steroid dienone is 3. The largest absolute Gasteiger partial charge is 0.294 e. The Morgan fingerprint density at radius 1 is 1.47 bits per heavy atom. The molecular formula is C10H13BrN2O2. The highest BCUT2D eigenvalue weighted by atomic mass is 79.9. The van der Waals surface area contributed by atoms with Crippen LogP contribution in [0.2, 0.25) is 0 Å². The average Bonchev–Trinajstić information content (AvgIpc) is 2.26. The monoisotopic (exact) mass is 272 g/mol. The van der Waals surface area contributed by atoms with Gasteiger partial charge in [-0.25, -0.2) is 0 Å². The van der Waals surface area contributed by atoms with E-state index in [1.807, 2.05) is 25.1 Å². The van der Waals surface area contributed by atoms with Crippen molar-refractivity contribution in [3.63, 3.8) is 0 Å². The number of carbonyl (C=O) groups excluding carboxylic acids is 2. The van der Waals surface area contributed by atoms with Crippen LogP contribution in [0.3, 0.4) is 0 Å². The Kier molecular flexibility index (Phi) is 4.08. The Balaban J connectivity index is 3.05. The van der Waals surface area contributed by atoms with Gasteiger partial charge in [0.15, 0.2) is 6.29 Å². The van der Waals surface area contributed by atoms with E-state index >= 15 is 0 Å². The zero-order valence-electron chi connectivity index (χ0n) is 8.74. The lowest BCUT2D eigenvalue weighted by molar-refractivity contribution is -0.129. The number of likely N-dealkylation sites (N-methyl/N-ethyl adjacent to an activating group) is 1. The average molecular weight is 273 g/mol. The molecule has 0 amide bonds. The molecule has 5 heteroatoms. The summed E-state index contributed by atoms with van der Waals surface area (Å²) >= 11 is 3.31. The molecule has 0 atom stereocenters. The Hall–Kier alpha value is -1.10. The Morgan fingerprint density at radius 2 is 2.13 bits per heavy atom. The summed E-state index contributed by atoms with van der Waals surface area (Å²) in [5, 5.41) is 3.67. The molecule has 0 aromatic heterocycles. The number of Topliss-reactive ketones (excluding diaryl/α,β-unsaturated/α-hetero) is 1. The van der Waals surface area contributed by atoms with Gasteiger partial charge in [-0.15, -0.1) is 0 Å². The highest BCUT2D eigenvalue weighted by Gasteiger charge is 2.22. The molecule has 0 bridgehead atoms. The molecule has 0 fully saturated rings. The van der Waals surface area contributed by atoms with Gasteiger partial charge in [-0.3, -0.25) is 19.6 Å². The van der Waals surface area contributed by atoms with Crippen molar-refractivity contribution in [1.82, 2.24) is 10.0 Å². The maximum Gasteiger partial charge on any atom is 0.243 e. The van der Waals surface area contributed by atoms with E-state index < -0.39 is 5.78 Å². The smallest absolute Gasteiger partial charge is 0.243 e. The van der Waals surface area contributed by atoms with Crippen LogP contribution in [-0.4, -0.2) is 35.2 Å². The van der Waals surface area contributed by atoms with Gasteiger partial charge in [-0.2, -0.15) is 0 Å². The molecule has 15 heavy (non-hydrogen) atoms. The summed E-state index contributed by atoms with van der Waals surface area (Å²) in [6.07, 6.45) is 3.88. The van der Waals surface area contributed by atoms with Crippen molar-refractivity contribution in [1.29, 1.82) is 0 Å². The van der Waals surface area contributed by atoms with E-state index in [0.717, 1.165) is 11.0 Å². The normalized spacial score (nSPS) is 15.9. The van der Waals surface area contributed by atoms with E-state index in [0.29, 0.717) is 18.5 Å². The first kappa shape index (κ1) is 12.0. The second kappa shape index (κ2) is 5.11. The molecule has 0 aliphatic carbocycles. The Bertz CT molecular complexity index is 336. The fourth-order valence-corrected chi connectivity index (χ4v) is 1.92. The lowest BCUT2D eigenvalue weighted by atomic mass is 10.2. The van der Waals surface area contributed by atoms with Crippen LogP contribution >= 0.6 is 15.9 Å². The van der Waals surface area contributed by atoms with Gasteiger partial charge in [0.2, 0.25) is 5.78 Å². The molecule has 0 saturated heterocycles. The van der Waals surface area contributed by atoms with Crippen LogP contribution in [0.25, 0.3) is 0 Å². The van der Waals surface area contributed by atoms with E-state index in [9.17, 15) is 9.59 Å². The number of hydrazine groups is 1. The first-order chi connectivity index (χ1) is 7.13. The lowest BCUT2D eigenvalue weighted by Gasteiger charge is -2.37. The van der Waals surface area contributed by atoms with Gasteiger partial charge < -0.3 is 0 Å². The summed E-state index contributed by atoms with van der Waals surface area (Å²) in [7, 11) is 0. The van der Waals surface area contributed by atoms with Crippen molar-refractivity contribution in [3.05, 3.63) is 22.5 Å². The van der Waals surface area contributed by atoms with E-state index in [1.165, 1.54) is 0 Å². The number of carbonyl (C=O) groups is 2. The molecular weight excluding hydrogens is 260 g/mol. The number of ketones is 1. The van der Waals surface area contributed by atoms with E-state index in [-0.39, 0.29) is 0 Å². The van der Waals surface area contributed by atoms with Gasteiger partial charge in [0.1, 0.15) is 5.70 Å². The highest BCUT2D eigenvalue weighted by molar-refractivity contribution is 9.11. The van der Waals surface area contributed by atoms with Crippen LogP contribution < -0.4 is 0 Å². The molecule has 0 saturated carbocycles. The SMILES string of the molecule is CCN1C=C(Br)C=C(C(=O)C=O)N1CC. The van der Waals surface area contributed by atoms with Crippen LogP contribution in [-0.2, 0) is 9.59 Å². The van der Waals surface area contributed by atoms with Gasteiger partial charge in [0.25, 0.3) is 0 Å². The molecule has 0 radical (unpaired) electrons. The molecule has 4 nitrogen and oxygen atoms in total. The second-order valence-corrected chi connectivity index (χ2v) is 3.91. The van der Waals surface area contributed by atoms with Crippen LogP contribution in [0.5, 0.6) is 0 Å². The molecule has 1 aliphatic heterocycles. The summed E-state index contributed by atoms with van der Waals surface area (Å²) in [5.74, 6) is -0.500. The summed E-state index contributed by atoms with van der Waals surface area (Å²) in [5.41, 5.74) is 0.406. The molecule has 0 unspecified atom stereocenters. The number of hydrogen-bond acceptors (Lipinski definition) is 4. The minimum absolute atomic E-state index is 0.341. The molecule has 1 rings (SSSR count). The minimum atomic E-state index is -0.500. The van der Waals surface area contributed by atoms with Gasteiger partial charge in [0.05, 0.1) is 0 Å². The number of nitrogens with zero attached hydrogens (tertiary/aromatic N) is 2. The van der Waals surface area contributed by atoms with Crippen molar-refractivity contribution in [2.75, 3.05) is 13.1 Å². The predicted molar refractivity (Wildman–Crippen MR) is 60.9 cm³/mol. The Morgan fingerprint density at radius 3 is 2.60 bits per heavy atom. The molecule has 82 valence electrons. The molecule has 0 aromatic carbocycles. The number of halogens is 1. The number of rotatable bonds is 4. The van der Waals surface area contributed by atoms with Gasteiger partial charge in [0, 0.05) is 23.8 Å². The number of hydrogen-bond donors (Lipinski definition) is 0. The summed E-state index contributed by atoms with van der Waals surface area (Å²) < 4.78 is 0.791. The van der Waals surface area contributed by atoms with Crippen molar-refractivity contribution >= 4 is 28.0 Å². The predicted octanol–water partition coefficient (Wildman–Crippen LogP) is 1.45. The van der Waals surface area contributed by atoms with E-state index in [4.69, 9.17) is 0 Å². The standard InChI is InChI=1S/C10H13BrN2O2/c1-3-12-6-8(11)5-9(10(15)7-14)13(12)4-2/h5-7H,3-4H2,1-2H3. The van der Waals surface area contributed by atoms with Gasteiger partial charge in [-0.1, -0.05) is 0 Å². The first-order valence-electron chi connectivity index (χ1n) is 4.76. The molecule has 1 heterocycles. The second-order valence-electron chi connectivity index (χ2n) is 3.00. The van der Waals surface area contributed by atoms with Crippen LogP contribution in [0.15, 0.2) is 22.5 Å². The fourth-order valence-electron chi connectivity index (χ4n) is 1.47. The fraction of sp³-hybridized carbons (Fsp3) is 0.400. The Labute approximate surface area is 97.3 Å². The van der Waals surface area contributed by atoms with Crippen molar-refractivity contribution in [2.24, 2.45) is 0 Å². The zero-order chi connectivity index (χ0) is 11.4. The third-order valence-electron chi connectivity index (χ3n) is 2.12. The first-order valence-corrected chi connectivity index (χ1v) is 5.55. The summed E-state index contributed by atoms with van der Waals surface area (Å²) in [4.78, 5) is 21.9. The number of aldehydes is 1. The van der Waals surface area contributed by atoms with Crippen molar-refractivity contribution in [3.8, 4) is 0 Å². The minimum Gasteiger partial charge on any atom is -0.294 e. The van der Waals surface area contributed by atoms with Crippen LogP contribution in [0.4, 0.5) is 0 Å². The quantitative estimate of drug-likeness (QED) is 0.574.